The van der Waals surface area contributed by atoms with E-state index in [-0.39, 0.29) is 11.8 Å². The van der Waals surface area contributed by atoms with Crippen molar-refractivity contribution in [1.82, 2.24) is 24.3 Å². The second kappa shape index (κ2) is 8.31. The van der Waals surface area contributed by atoms with Gasteiger partial charge in [0.15, 0.2) is 0 Å². The maximum absolute atomic E-state index is 12.9. The number of amides is 1. The maximum atomic E-state index is 12.9. The first-order chi connectivity index (χ1) is 12.6. The van der Waals surface area contributed by atoms with Crippen molar-refractivity contribution in [2.75, 3.05) is 40.8 Å². The molecule has 1 aliphatic rings. The van der Waals surface area contributed by atoms with Crippen LogP contribution in [0.2, 0.25) is 0 Å². The van der Waals surface area contributed by atoms with E-state index in [0.29, 0.717) is 18.0 Å². The van der Waals surface area contributed by atoms with Gasteiger partial charge in [0.25, 0.3) is 5.91 Å². The number of carbonyl (C=O) groups is 1. The van der Waals surface area contributed by atoms with Gasteiger partial charge in [0.2, 0.25) is 5.88 Å². The fourth-order valence-electron chi connectivity index (χ4n) is 3.39. The molecule has 1 aliphatic heterocycles. The Kier molecular flexibility index (Phi) is 5.88. The van der Waals surface area contributed by atoms with Gasteiger partial charge in [-0.15, -0.1) is 0 Å². The Morgan fingerprint density at radius 3 is 2.96 bits per heavy atom. The van der Waals surface area contributed by atoms with Crippen LogP contribution in [-0.2, 0) is 6.54 Å². The molecule has 0 bridgehead atoms. The lowest BCUT2D eigenvalue weighted by molar-refractivity contribution is 0.0702. The number of rotatable bonds is 6. The van der Waals surface area contributed by atoms with Crippen molar-refractivity contribution in [2.45, 2.75) is 25.3 Å². The number of piperidine rings is 1. The third-order valence-corrected chi connectivity index (χ3v) is 4.80. The van der Waals surface area contributed by atoms with Crippen molar-refractivity contribution in [3.63, 3.8) is 0 Å². The van der Waals surface area contributed by atoms with Crippen LogP contribution in [0.25, 0.3) is 0 Å². The van der Waals surface area contributed by atoms with Crippen LogP contribution in [0.1, 0.15) is 34.9 Å². The summed E-state index contributed by atoms with van der Waals surface area (Å²) in [7, 11) is 5.70. The van der Waals surface area contributed by atoms with E-state index in [1.165, 1.54) is 0 Å². The molecular weight excluding hydrogens is 330 g/mol. The Morgan fingerprint density at radius 2 is 2.19 bits per heavy atom. The minimum atomic E-state index is 0.0294. The molecule has 1 atom stereocenters. The number of nitrogens with zero attached hydrogens (tertiary/aromatic N) is 5. The van der Waals surface area contributed by atoms with Crippen LogP contribution in [0.5, 0.6) is 5.88 Å². The van der Waals surface area contributed by atoms with E-state index in [1.54, 1.807) is 25.4 Å². The third kappa shape index (κ3) is 4.22. The molecule has 1 amide bonds. The second-order valence-electron chi connectivity index (χ2n) is 6.96. The largest absolute Gasteiger partial charge is 0.481 e. The molecule has 26 heavy (non-hydrogen) atoms. The molecule has 0 aliphatic carbocycles. The first-order valence-electron chi connectivity index (χ1n) is 9.03. The van der Waals surface area contributed by atoms with Gasteiger partial charge in [0.1, 0.15) is 5.82 Å². The van der Waals surface area contributed by atoms with E-state index < -0.39 is 0 Å². The fraction of sp³-hybridized carbons (Fsp3) is 0.526. The molecule has 140 valence electrons. The molecule has 0 saturated carbocycles. The minimum Gasteiger partial charge on any atom is -0.481 e. The van der Waals surface area contributed by atoms with Crippen molar-refractivity contribution >= 4 is 5.91 Å². The first kappa shape index (κ1) is 18.4. The highest BCUT2D eigenvalue weighted by Crippen LogP contribution is 2.27. The molecule has 0 unspecified atom stereocenters. The SMILES string of the molecule is COc1cc(C(=O)N2CCC[C@H](c3nccn3CCN(C)C)C2)ccn1. The van der Waals surface area contributed by atoms with Crippen molar-refractivity contribution < 1.29 is 9.53 Å². The molecule has 1 fully saturated rings. The summed E-state index contributed by atoms with van der Waals surface area (Å²) in [5.74, 6) is 1.84. The molecule has 3 heterocycles. The summed E-state index contributed by atoms with van der Waals surface area (Å²) in [4.78, 5) is 25.6. The van der Waals surface area contributed by atoms with E-state index in [4.69, 9.17) is 4.74 Å². The predicted molar refractivity (Wildman–Crippen MR) is 99.4 cm³/mol. The Hall–Kier alpha value is -2.41. The zero-order valence-electron chi connectivity index (χ0n) is 15.8. The summed E-state index contributed by atoms with van der Waals surface area (Å²) in [6, 6.07) is 3.44. The third-order valence-electron chi connectivity index (χ3n) is 4.80. The summed E-state index contributed by atoms with van der Waals surface area (Å²) in [5, 5.41) is 0. The fourth-order valence-corrected chi connectivity index (χ4v) is 3.39. The standard InChI is InChI=1S/C19H27N5O2/c1-22(2)11-12-23-10-8-21-18(23)16-5-4-9-24(14-16)19(25)15-6-7-20-17(13-15)26-3/h6-8,10,13,16H,4-5,9,11-12,14H2,1-3H3/t16-/m0/s1. The highest BCUT2D eigenvalue weighted by Gasteiger charge is 2.28. The molecule has 0 N–H and O–H groups in total. The highest BCUT2D eigenvalue weighted by molar-refractivity contribution is 5.94. The van der Waals surface area contributed by atoms with Crippen LogP contribution in [-0.4, -0.2) is 71.1 Å². The van der Waals surface area contributed by atoms with Crippen molar-refractivity contribution in [1.29, 1.82) is 0 Å². The number of hydrogen-bond donors (Lipinski definition) is 0. The number of imidazole rings is 1. The van der Waals surface area contributed by atoms with Crippen LogP contribution in [0.15, 0.2) is 30.7 Å². The molecule has 0 spiro atoms. The van der Waals surface area contributed by atoms with E-state index >= 15 is 0 Å². The van der Waals surface area contributed by atoms with Gasteiger partial charge in [-0.1, -0.05) is 0 Å². The van der Waals surface area contributed by atoms with E-state index in [9.17, 15) is 4.79 Å². The first-order valence-corrected chi connectivity index (χ1v) is 9.03. The van der Waals surface area contributed by atoms with Crippen LogP contribution in [0.3, 0.4) is 0 Å². The number of aromatic nitrogens is 3. The van der Waals surface area contributed by atoms with Gasteiger partial charge < -0.3 is 19.1 Å². The average molecular weight is 357 g/mol. The van der Waals surface area contributed by atoms with Crippen molar-refractivity contribution in [2.24, 2.45) is 0 Å². The van der Waals surface area contributed by atoms with E-state index in [2.05, 4.69) is 33.5 Å². The zero-order chi connectivity index (χ0) is 18.5. The lowest BCUT2D eigenvalue weighted by Crippen LogP contribution is -2.40. The summed E-state index contributed by atoms with van der Waals surface area (Å²) < 4.78 is 7.35. The highest BCUT2D eigenvalue weighted by atomic mass is 16.5. The van der Waals surface area contributed by atoms with Crippen molar-refractivity contribution in [3.05, 3.63) is 42.1 Å². The monoisotopic (exact) mass is 357 g/mol. The summed E-state index contributed by atoms with van der Waals surface area (Å²) in [5.41, 5.74) is 0.619. The molecule has 0 aromatic carbocycles. The summed E-state index contributed by atoms with van der Waals surface area (Å²) >= 11 is 0. The summed E-state index contributed by atoms with van der Waals surface area (Å²) in [6.45, 7) is 3.35. The quantitative estimate of drug-likeness (QED) is 0.790. The lowest BCUT2D eigenvalue weighted by Gasteiger charge is -2.33. The zero-order valence-corrected chi connectivity index (χ0v) is 15.8. The average Bonchev–Trinajstić information content (AvgIpc) is 3.14. The molecule has 2 aromatic heterocycles. The number of carbonyl (C=O) groups excluding carboxylic acids is 1. The Labute approximate surface area is 154 Å². The minimum absolute atomic E-state index is 0.0294. The van der Waals surface area contributed by atoms with Gasteiger partial charge in [-0.05, 0) is 33.0 Å². The lowest BCUT2D eigenvalue weighted by atomic mass is 9.96. The van der Waals surface area contributed by atoms with Crippen LogP contribution >= 0.6 is 0 Å². The van der Waals surface area contributed by atoms with E-state index in [0.717, 1.165) is 38.3 Å². The van der Waals surface area contributed by atoms with Crippen LogP contribution in [0.4, 0.5) is 0 Å². The number of likely N-dealkylation sites (tertiary alicyclic amines) is 1. The Morgan fingerprint density at radius 1 is 1.35 bits per heavy atom. The summed E-state index contributed by atoms with van der Waals surface area (Å²) in [6.07, 6.45) is 7.55. The van der Waals surface area contributed by atoms with Crippen LogP contribution in [0, 0.1) is 0 Å². The molecule has 3 rings (SSSR count). The topological polar surface area (TPSA) is 63.5 Å². The number of hydrogen-bond acceptors (Lipinski definition) is 5. The van der Waals surface area contributed by atoms with Gasteiger partial charge in [0, 0.05) is 62.3 Å². The molecular formula is C19H27N5O2. The smallest absolute Gasteiger partial charge is 0.254 e. The molecule has 2 aromatic rings. The number of pyridine rings is 1. The Balaban J connectivity index is 1.71. The number of ether oxygens (including phenoxy) is 1. The molecule has 1 saturated heterocycles. The van der Waals surface area contributed by atoms with Gasteiger partial charge in [-0.3, -0.25) is 4.79 Å². The molecule has 0 radical (unpaired) electrons. The maximum Gasteiger partial charge on any atom is 0.254 e. The van der Waals surface area contributed by atoms with Gasteiger partial charge >= 0.3 is 0 Å². The number of likely N-dealkylation sites (N-methyl/N-ethyl adjacent to an activating group) is 1. The molecule has 7 heteroatoms. The van der Waals surface area contributed by atoms with Crippen molar-refractivity contribution in [3.8, 4) is 5.88 Å². The van der Waals surface area contributed by atoms with E-state index in [1.807, 2.05) is 17.3 Å². The molecule has 7 nitrogen and oxygen atoms in total. The predicted octanol–water partition coefficient (Wildman–Crippen LogP) is 1.87. The van der Waals surface area contributed by atoms with Gasteiger partial charge in [-0.25, -0.2) is 9.97 Å². The van der Waals surface area contributed by atoms with Gasteiger partial charge in [0.05, 0.1) is 7.11 Å². The normalized spacial score (nSPS) is 17.5. The Bertz CT molecular complexity index is 743. The second-order valence-corrected chi connectivity index (χ2v) is 6.96. The number of methoxy groups -OCH3 is 1. The van der Waals surface area contributed by atoms with Crippen LogP contribution < -0.4 is 4.74 Å². The van der Waals surface area contributed by atoms with Gasteiger partial charge in [-0.2, -0.15) is 0 Å².